The second-order valence-corrected chi connectivity index (χ2v) is 4.40. The van der Waals surface area contributed by atoms with E-state index in [0.29, 0.717) is 26.2 Å². The van der Waals surface area contributed by atoms with Gasteiger partial charge in [0.05, 0.1) is 32.9 Å². The van der Waals surface area contributed by atoms with Gasteiger partial charge in [0.1, 0.15) is 0 Å². The maximum absolute atomic E-state index is 12.1. The molecule has 1 aliphatic heterocycles. The monoisotopic (exact) mass is 258 g/mol. The van der Waals surface area contributed by atoms with E-state index in [0.717, 1.165) is 0 Å². The van der Waals surface area contributed by atoms with Crippen LogP contribution >= 0.6 is 0 Å². The van der Waals surface area contributed by atoms with E-state index in [1.165, 1.54) is 7.11 Å². The van der Waals surface area contributed by atoms with Crippen molar-refractivity contribution in [3.8, 4) is 0 Å². The number of carbonyl (C=O) groups is 2. The molecular weight excluding hydrogens is 236 g/mol. The van der Waals surface area contributed by atoms with Gasteiger partial charge in [0.25, 0.3) is 0 Å². The van der Waals surface area contributed by atoms with E-state index in [9.17, 15) is 9.59 Å². The Hall–Kier alpha value is -1.14. The van der Waals surface area contributed by atoms with Crippen LogP contribution in [-0.2, 0) is 19.1 Å². The Labute approximate surface area is 108 Å². The third-order valence-electron chi connectivity index (χ3n) is 2.98. The molecule has 0 aromatic carbocycles. The minimum atomic E-state index is -0.319. The Morgan fingerprint density at radius 3 is 2.72 bits per heavy atom. The van der Waals surface area contributed by atoms with Gasteiger partial charge >= 0.3 is 5.97 Å². The van der Waals surface area contributed by atoms with Gasteiger partial charge in [0.2, 0.25) is 5.91 Å². The van der Waals surface area contributed by atoms with Crippen LogP contribution in [0.1, 0.15) is 13.8 Å². The highest BCUT2D eigenvalue weighted by Gasteiger charge is 2.23. The van der Waals surface area contributed by atoms with Gasteiger partial charge in [-0.1, -0.05) is 6.92 Å². The molecule has 0 bridgehead atoms. The largest absolute Gasteiger partial charge is 0.468 e. The number of nitrogens with zero attached hydrogens (tertiary/aromatic N) is 2. The number of hydrogen-bond acceptors (Lipinski definition) is 5. The molecule has 0 saturated carbocycles. The molecule has 0 radical (unpaired) electrons. The Morgan fingerprint density at radius 1 is 1.44 bits per heavy atom. The molecule has 1 amide bonds. The molecule has 1 atom stereocenters. The van der Waals surface area contributed by atoms with Crippen molar-refractivity contribution in [2.75, 3.05) is 46.4 Å². The summed E-state index contributed by atoms with van der Waals surface area (Å²) in [5.74, 6) is -0.282. The lowest BCUT2D eigenvalue weighted by Gasteiger charge is -2.32. The molecule has 104 valence electrons. The first-order valence-corrected chi connectivity index (χ1v) is 6.25. The molecule has 1 saturated heterocycles. The van der Waals surface area contributed by atoms with Gasteiger partial charge in [-0.15, -0.1) is 0 Å². The molecule has 1 fully saturated rings. The van der Waals surface area contributed by atoms with Gasteiger partial charge in [-0.2, -0.15) is 0 Å². The van der Waals surface area contributed by atoms with Gasteiger partial charge in [-0.3, -0.25) is 14.5 Å². The summed E-state index contributed by atoms with van der Waals surface area (Å²) in [6, 6.07) is 0. The highest BCUT2D eigenvalue weighted by molar-refractivity contribution is 5.79. The van der Waals surface area contributed by atoms with E-state index >= 15 is 0 Å². The first-order chi connectivity index (χ1) is 8.56. The van der Waals surface area contributed by atoms with E-state index in [1.807, 2.05) is 13.8 Å². The second kappa shape index (κ2) is 7.33. The van der Waals surface area contributed by atoms with Crippen LogP contribution in [0.5, 0.6) is 0 Å². The molecule has 0 aromatic rings. The third-order valence-corrected chi connectivity index (χ3v) is 2.98. The van der Waals surface area contributed by atoms with Gasteiger partial charge in [0.15, 0.2) is 0 Å². The minimum absolute atomic E-state index is 0.0379. The molecule has 6 heteroatoms. The first-order valence-electron chi connectivity index (χ1n) is 6.25. The molecule has 1 unspecified atom stereocenters. The van der Waals surface area contributed by atoms with Gasteiger partial charge < -0.3 is 14.4 Å². The van der Waals surface area contributed by atoms with Crippen molar-refractivity contribution < 1.29 is 19.1 Å². The molecule has 18 heavy (non-hydrogen) atoms. The molecule has 1 aliphatic rings. The van der Waals surface area contributed by atoms with Crippen LogP contribution in [-0.4, -0.2) is 74.2 Å². The van der Waals surface area contributed by atoms with Gasteiger partial charge in [-0.25, -0.2) is 0 Å². The Morgan fingerprint density at radius 2 is 2.17 bits per heavy atom. The number of likely N-dealkylation sites (N-methyl/N-ethyl adjacent to an activating group) is 1. The minimum Gasteiger partial charge on any atom is -0.468 e. The SMILES string of the molecule is CCN(CC(=O)OC)CC(=O)N1CCOC(C)C1. The average Bonchev–Trinajstić information content (AvgIpc) is 2.37. The number of amides is 1. The van der Waals surface area contributed by atoms with Crippen LogP contribution in [0.15, 0.2) is 0 Å². The number of esters is 1. The third kappa shape index (κ3) is 4.62. The maximum atomic E-state index is 12.1. The van der Waals surface area contributed by atoms with Crippen molar-refractivity contribution in [3.63, 3.8) is 0 Å². The fourth-order valence-corrected chi connectivity index (χ4v) is 1.86. The smallest absolute Gasteiger partial charge is 0.319 e. The van der Waals surface area contributed by atoms with Crippen LogP contribution in [0.4, 0.5) is 0 Å². The topological polar surface area (TPSA) is 59.1 Å². The number of hydrogen-bond donors (Lipinski definition) is 0. The van der Waals surface area contributed by atoms with Crippen molar-refractivity contribution >= 4 is 11.9 Å². The predicted octanol–water partition coefficient (Wildman–Crippen LogP) is -0.271. The number of morpholine rings is 1. The number of ether oxygens (including phenoxy) is 2. The molecule has 0 aliphatic carbocycles. The van der Waals surface area contributed by atoms with Crippen molar-refractivity contribution in [2.24, 2.45) is 0 Å². The van der Waals surface area contributed by atoms with Gasteiger partial charge in [0, 0.05) is 13.1 Å². The summed E-state index contributed by atoms with van der Waals surface area (Å²) < 4.78 is 9.99. The molecule has 0 spiro atoms. The Balaban J connectivity index is 2.43. The zero-order valence-corrected chi connectivity index (χ0v) is 11.3. The lowest BCUT2D eigenvalue weighted by Crippen LogP contribution is -2.49. The highest BCUT2D eigenvalue weighted by atomic mass is 16.5. The lowest BCUT2D eigenvalue weighted by atomic mass is 10.3. The summed E-state index contributed by atoms with van der Waals surface area (Å²) in [7, 11) is 1.35. The molecule has 6 nitrogen and oxygen atoms in total. The van der Waals surface area contributed by atoms with Crippen LogP contribution in [0, 0.1) is 0 Å². The molecular formula is C12H22N2O4. The van der Waals surface area contributed by atoms with Gasteiger partial charge in [-0.05, 0) is 13.5 Å². The van der Waals surface area contributed by atoms with E-state index in [1.54, 1.807) is 9.80 Å². The van der Waals surface area contributed by atoms with Crippen molar-refractivity contribution in [1.82, 2.24) is 9.80 Å². The highest BCUT2D eigenvalue weighted by Crippen LogP contribution is 2.05. The Kier molecular flexibility index (Phi) is 6.07. The predicted molar refractivity (Wildman–Crippen MR) is 66.1 cm³/mol. The van der Waals surface area contributed by atoms with Crippen molar-refractivity contribution in [1.29, 1.82) is 0 Å². The van der Waals surface area contributed by atoms with E-state index in [-0.39, 0.29) is 31.1 Å². The fourth-order valence-electron chi connectivity index (χ4n) is 1.86. The molecule has 0 aromatic heterocycles. The standard InChI is InChI=1S/C12H22N2O4/c1-4-13(9-12(16)17-3)8-11(15)14-5-6-18-10(2)7-14/h10H,4-9H2,1-3H3. The molecule has 1 rings (SSSR count). The summed E-state index contributed by atoms with van der Waals surface area (Å²) in [4.78, 5) is 26.8. The van der Waals surface area contributed by atoms with Crippen LogP contribution in [0.25, 0.3) is 0 Å². The maximum Gasteiger partial charge on any atom is 0.319 e. The summed E-state index contributed by atoms with van der Waals surface area (Å²) >= 11 is 0. The number of methoxy groups -OCH3 is 1. The van der Waals surface area contributed by atoms with Crippen LogP contribution in [0.3, 0.4) is 0 Å². The van der Waals surface area contributed by atoms with Crippen LogP contribution in [0.2, 0.25) is 0 Å². The number of rotatable bonds is 5. The zero-order valence-electron chi connectivity index (χ0n) is 11.3. The molecule has 0 N–H and O–H groups in total. The summed E-state index contributed by atoms with van der Waals surface area (Å²) in [5, 5.41) is 0. The Bertz CT molecular complexity index is 296. The molecule has 1 heterocycles. The van der Waals surface area contributed by atoms with Crippen LogP contribution < -0.4 is 0 Å². The van der Waals surface area contributed by atoms with E-state index in [2.05, 4.69) is 4.74 Å². The summed E-state index contributed by atoms with van der Waals surface area (Å²) in [6.07, 6.45) is 0.0818. The summed E-state index contributed by atoms with van der Waals surface area (Å²) in [6.45, 7) is 6.73. The summed E-state index contributed by atoms with van der Waals surface area (Å²) in [5.41, 5.74) is 0. The lowest BCUT2D eigenvalue weighted by molar-refractivity contribution is -0.144. The van der Waals surface area contributed by atoms with E-state index < -0.39 is 0 Å². The zero-order chi connectivity index (χ0) is 13.5. The van der Waals surface area contributed by atoms with Crippen molar-refractivity contribution in [3.05, 3.63) is 0 Å². The quantitative estimate of drug-likeness (QED) is 0.635. The number of carbonyl (C=O) groups excluding carboxylic acids is 2. The van der Waals surface area contributed by atoms with E-state index in [4.69, 9.17) is 4.74 Å². The normalized spacial score (nSPS) is 20.0. The fraction of sp³-hybridized carbons (Fsp3) is 0.833. The average molecular weight is 258 g/mol. The van der Waals surface area contributed by atoms with Crippen molar-refractivity contribution in [2.45, 2.75) is 20.0 Å². The second-order valence-electron chi connectivity index (χ2n) is 4.40. The first kappa shape index (κ1) is 14.9.